The fourth-order valence-electron chi connectivity index (χ4n) is 1.87. The van der Waals surface area contributed by atoms with Gasteiger partial charge in [-0.05, 0) is 29.7 Å². The third kappa shape index (κ3) is 3.35. The second-order valence-electron chi connectivity index (χ2n) is 4.08. The summed E-state index contributed by atoms with van der Waals surface area (Å²) in [5.74, 6) is 2.34. The molecule has 0 bridgehead atoms. The van der Waals surface area contributed by atoms with Crippen LogP contribution in [-0.2, 0) is 23.1 Å². The van der Waals surface area contributed by atoms with E-state index in [4.69, 9.17) is 6.42 Å². The monoisotopic (exact) mass is 281 g/mol. The minimum absolute atomic E-state index is 0.0445. The number of terminal acetylenes is 1. The molecule has 0 aliphatic heterocycles. The van der Waals surface area contributed by atoms with Crippen LogP contribution in [0.15, 0.2) is 23.1 Å². The Morgan fingerprint density at radius 1 is 1.32 bits per heavy atom. The van der Waals surface area contributed by atoms with E-state index < -0.39 is 10.0 Å². The van der Waals surface area contributed by atoms with Gasteiger partial charge in [0.25, 0.3) is 0 Å². The highest BCUT2D eigenvalue weighted by molar-refractivity contribution is 7.89. The number of benzene rings is 1. The molecule has 0 fully saturated rings. The first-order valence-electron chi connectivity index (χ1n) is 6.17. The number of hydrogen-bond acceptors (Lipinski definition) is 3. The Kier molecular flexibility index (Phi) is 5.55. The lowest BCUT2D eigenvalue weighted by Crippen LogP contribution is -2.31. The fourth-order valence-corrected chi connectivity index (χ4v) is 3.29. The smallest absolute Gasteiger partial charge is 0.243 e. The summed E-state index contributed by atoms with van der Waals surface area (Å²) in [5, 5.41) is 9.30. The lowest BCUT2D eigenvalue weighted by atomic mass is 10.1. The minimum atomic E-state index is -3.59. The lowest BCUT2D eigenvalue weighted by Gasteiger charge is -2.18. The average molecular weight is 281 g/mol. The van der Waals surface area contributed by atoms with E-state index >= 15 is 0 Å². The van der Waals surface area contributed by atoms with Crippen molar-refractivity contribution in [3.8, 4) is 12.3 Å². The third-order valence-corrected chi connectivity index (χ3v) is 4.90. The molecule has 4 nitrogen and oxygen atoms in total. The summed E-state index contributed by atoms with van der Waals surface area (Å²) in [6.07, 6.45) is 5.93. The highest BCUT2D eigenvalue weighted by Crippen LogP contribution is 2.20. The number of sulfonamides is 1. The second-order valence-corrected chi connectivity index (χ2v) is 6.02. The van der Waals surface area contributed by atoms with Crippen molar-refractivity contribution in [3.63, 3.8) is 0 Å². The molecule has 0 heterocycles. The van der Waals surface area contributed by atoms with Gasteiger partial charge in [-0.3, -0.25) is 0 Å². The second kappa shape index (κ2) is 6.71. The van der Waals surface area contributed by atoms with Crippen LogP contribution < -0.4 is 0 Å². The van der Waals surface area contributed by atoms with Gasteiger partial charge >= 0.3 is 0 Å². The zero-order valence-corrected chi connectivity index (χ0v) is 12.1. The normalized spacial score (nSPS) is 11.5. The van der Waals surface area contributed by atoms with E-state index in [0.717, 1.165) is 12.0 Å². The average Bonchev–Trinajstić information content (AvgIpc) is 2.43. The van der Waals surface area contributed by atoms with Gasteiger partial charge in [0.05, 0.1) is 18.0 Å². The Labute approximate surface area is 115 Å². The number of hydrogen-bond donors (Lipinski definition) is 1. The SMILES string of the molecule is C#CCN(CC)S(=O)(=O)c1ccc(CC)c(CO)c1. The van der Waals surface area contributed by atoms with Gasteiger partial charge in [0.1, 0.15) is 0 Å². The maximum absolute atomic E-state index is 12.4. The highest BCUT2D eigenvalue weighted by Gasteiger charge is 2.22. The van der Waals surface area contributed by atoms with Gasteiger partial charge in [-0.1, -0.05) is 25.8 Å². The molecule has 0 unspecified atom stereocenters. The maximum atomic E-state index is 12.4. The van der Waals surface area contributed by atoms with Crippen LogP contribution >= 0.6 is 0 Å². The van der Waals surface area contributed by atoms with Gasteiger partial charge in [0.15, 0.2) is 0 Å². The largest absolute Gasteiger partial charge is 0.392 e. The molecule has 0 radical (unpaired) electrons. The van der Waals surface area contributed by atoms with E-state index in [9.17, 15) is 13.5 Å². The molecule has 0 saturated heterocycles. The van der Waals surface area contributed by atoms with Gasteiger partial charge in [0, 0.05) is 6.54 Å². The van der Waals surface area contributed by atoms with Crippen molar-refractivity contribution in [2.45, 2.75) is 31.8 Å². The quantitative estimate of drug-likeness (QED) is 0.802. The summed E-state index contributed by atoms with van der Waals surface area (Å²) in [6, 6.07) is 4.82. The summed E-state index contributed by atoms with van der Waals surface area (Å²) in [7, 11) is -3.59. The molecule has 0 aliphatic rings. The zero-order valence-electron chi connectivity index (χ0n) is 11.3. The van der Waals surface area contributed by atoms with Gasteiger partial charge in [0.2, 0.25) is 10.0 Å². The van der Waals surface area contributed by atoms with Crippen molar-refractivity contribution in [2.24, 2.45) is 0 Å². The van der Waals surface area contributed by atoms with Crippen molar-refractivity contribution < 1.29 is 13.5 Å². The molecule has 0 spiro atoms. The summed E-state index contributed by atoms with van der Waals surface area (Å²) in [5.41, 5.74) is 1.58. The Morgan fingerprint density at radius 3 is 2.47 bits per heavy atom. The van der Waals surface area contributed by atoms with Crippen LogP contribution in [0.5, 0.6) is 0 Å². The number of aliphatic hydroxyl groups excluding tert-OH is 1. The first-order chi connectivity index (χ1) is 9.01. The van der Waals surface area contributed by atoms with Crippen LogP contribution in [0.2, 0.25) is 0 Å². The standard InChI is InChI=1S/C14H19NO3S/c1-4-9-15(6-3)19(17,18)14-8-7-12(5-2)13(10-14)11-16/h1,7-8,10,16H,5-6,9,11H2,2-3H3. The molecule has 1 aromatic rings. The molecule has 0 saturated carbocycles. The molecule has 0 atom stereocenters. The highest BCUT2D eigenvalue weighted by atomic mass is 32.2. The summed E-state index contributed by atoms with van der Waals surface area (Å²) in [4.78, 5) is 0.172. The third-order valence-electron chi connectivity index (χ3n) is 2.99. The van der Waals surface area contributed by atoms with E-state index in [-0.39, 0.29) is 18.0 Å². The van der Waals surface area contributed by atoms with Gasteiger partial charge in [-0.25, -0.2) is 8.42 Å². The molecule has 0 aliphatic carbocycles. The summed E-state index contributed by atoms with van der Waals surface area (Å²) >= 11 is 0. The van der Waals surface area contributed by atoms with E-state index in [1.54, 1.807) is 19.1 Å². The van der Waals surface area contributed by atoms with Gasteiger partial charge < -0.3 is 5.11 Å². The topological polar surface area (TPSA) is 57.6 Å². The Balaban J connectivity index is 3.26. The van der Waals surface area contributed by atoms with E-state index in [0.29, 0.717) is 12.1 Å². The molecule has 0 amide bonds. The molecular weight excluding hydrogens is 262 g/mol. The number of aliphatic hydroxyl groups is 1. The van der Waals surface area contributed by atoms with Crippen LogP contribution in [0.25, 0.3) is 0 Å². The van der Waals surface area contributed by atoms with Gasteiger partial charge in [-0.2, -0.15) is 4.31 Å². The molecule has 5 heteroatoms. The van der Waals surface area contributed by atoms with E-state index in [1.807, 2.05) is 6.92 Å². The molecule has 1 aromatic carbocycles. The molecule has 1 rings (SSSR count). The number of nitrogens with zero attached hydrogens (tertiary/aromatic N) is 1. The van der Waals surface area contributed by atoms with Crippen LogP contribution in [-0.4, -0.2) is 30.9 Å². The molecule has 104 valence electrons. The molecule has 19 heavy (non-hydrogen) atoms. The molecule has 1 N–H and O–H groups in total. The molecular formula is C14H19NO3S. The van der Waals surface area contributed by atoms with E-state index in [2.05, 4.69) is 5.92 Å². The van der Waals surface area contributed by atoms with Crippen molar-refractivity contribution in [1.82, 2.24) is 4.31 Å². The summed E-state index contributed by atoms with van der Waals surface area (Å²) in [6.45, 7) is 3.88. The van der Waals surface area contributed by atoms with Crippen LogP contribution in [0.4, 0.5) is 0 Å². The van der Waals surface area contributed by atoms with Crippen molar-refractivity contribution >= 4 is 10.0 Å². The predicted molar refractivity (Wildman–Crippen MR) is 75.0 cm³/mol. The first-order valence-corrected chi connectivity index (χ1v) is 7.61. The Bertz CT molecular complexity index is 573. The maximum Gasteiger partial charge on any atom is 0.243 e. The van der Waals surface area contributed by atoms with E-state index in [1.165, 1.54) is 10.4 Å². The molecule has 0 aromatic heterocycles. The fraction of sp³-hybridized carbons (Fsp3) is 0.429. The Morgan fingerprint density at radius 2 is 2.00 bits per heavy atom. The lowest BCUT2D eigenvalue weighted by molar-refractivity contribution is 0.280. The van der Waals surface area contributed by atoms with Crippen molar-refractivity contribution in [2.75, 3.05) is 13.1 Å². The number of aryl methyl sites for hydroxylation is 1. The number of rotatable bonds is 6. The minimum Gasteiger partial charge on any atom is -0.392 e. The van der Waals surface area contributed by atoms with Crippen molar-refractivity contribution in [3.05, 3.63) is 29.3 Å². The van der Waals surface area contributed by atoms with Crippen LogP contribution in [0.1, 0.15) is 25.0 Å². The van der Waals surface area contributed by atoms with Gasteiger partial charge in [-0.15, -0.1) is 6.42 Å². The van der Waals surface area contributed by atoms with Crippen LogP contribution in [0, 0.1) is 12.3 Å². The first kappa shape index (κ1) is 15.7. The predicted octanol–water partition coefficient (Wildman–Crippen LogP) is 1.39. The van der Waals surface area contributed by atoms with Crippen molar-refractivity contribution in [1.29, 1.82) is 0 Å². The van der Waals surface area contributed by atoms with Crippen LogP contribution in [0.3, 0.4) is 0 Å². The zero-order chi connectivity index (χ0) is 14.5. The Hall–Kier alpha value is -1.35. The summed E-state index contributed by atoms with van der Waals surface area (Å²) < 4.78 is 26.0.